The third kappa shape index (κ3) is 7.32. The Bertz CT molecular complexity index is 1230. The van der Waals surface area contributed by atoms with E-state index in [0.29, 0.717) is 50.3 Å². The standard InChI is InChI=1S/C29H35F7N3O2.HI/c1-18-13-23(30)5-6-25(18)26-17-24(39(4)9-11-41-12-10-39)7-8-38(26)27(40)37(3)19(2)20-14-21(28(31,32)33)16-22(15-20)29(34,35)36;/h5-6,13-16,19,24,26H,7-12,17H2,1-4H3;1H/q+1;/p-1/t19-,24-,26+;/m0./s1. The molecule has 0 saturated carbocycles. The minimum Gasteiger partial charge on any atom is -1.00 e. The van der Waals surface area contributed by atoms with Crippen LogP contribution in [-0.4, -0.2) is 73.3 Å². The molecule has 3 atom stereocenters. The van der Waals surface area contributed by atoms with Crippen molar-refractivity contribution in [3.63, 3.8) is 0 Å². The number of rotatable bonds is 4. The number of hydrogen-bond acceptors (Lipinski definition) is 2. The van der Waals surface area contributed by atoms with Crippen LogP contribution in [0.4, 0.5) is 35.5 Å². The number of urea groups is 1. The Hall–Kier alpha value is -2.13. The molecule has 2 aromatic rings. The van der Waals surface area contributed by atoms with Crippen LogP contribution in [0.2, 0.25) is 0 Å². The largest absolute Gasteiger partial charge is 1.00 e. The van der Waals surface area contributed by atoms with Crippen molar-refractivity contribution in [3.8, 4) is 0 Å². The Morgan fingerprint density at radius 1 is 1.02 bits per heavy atom. The molecule has 0 unspecified atom stereocenters. The van der Waals surface area contributed by atoms with E-state index in [-0.39, 0.29) is 41.6 Å². The number of aryl methyl sites for hydroxylation is 1. The van der Waals surface area contributed by atoms with Crippen LogP contribution in [0.5, 0.6) is 0 Å². The van der Waals surface area contributed by atoms with Gasteiger partial charge in [-0.05, 0) is 60.9 Å². The van der Waals surface area contributed by atoms with E-state index >= 15 is 0 Å². The third-order valence-electron chi connectivity index (χ3n) is 8.76. The first kappa shape index (κ1) is 34.4. The van der Waals surface area contributed by atoms with Gasteiger partial charge in [-0.3, -0.25) is 0 Å². The summed E-state index contributed by atoms with van der Waals surface area (Å²) in [6.07, 6.45) is -8.77. The molecule has 2 heterocycles. The fraction of sp³-hybridized carbons (Fsp3) is 0.552. The number of piperidine rings is 1. The molecule has 42 heavy (non-hydrogen) atoms. The van der Waals surface area contributed by atoms with Gasteiger partial charge in [0.05, 0.1) is 49.5 Å². The summed E-state index contributed by atoms with van der Waals surface area (Å²) in [4.78, 5) is 16.7. The van der Waals surface area contributed by atoms with Gasteiger partial charge in [-0.15, -0.1) is 0 Å². The van der Waals surface area contributed by atoms with Gasteiger partial charge in [0.2, 0.25) is 0 Å². The fourth-order valence-corrected chi connectivity index (χ4v) is 5.99. The van der Waals surface area contributed by atoms with Gasteiger partial charge in [-0.25, -0.2) is 9.18 Å². The molecule has 4 rings (SSSR count). The molecule has 2 aliphatic heterocycles. The Morgan fingerprint density at radius 2 is 1.60 bits per heavy atom. The van der Waals surface area contributed by atoms with E-state index in [1.165, 1.54) is 31.0 Å². The van der Waals surface area contributed by atoms with Crippen molar-refractivity contribution < 1.29 is 68.7 Å². The number of nitrogens with zero attached hydrogens (tertiary/aromatic N) is 3. The lowest BCUT2D eigenvalue weighted by molar-refractivity contribution is -0.941. The van der Waals surface area contributed by atoms with Gasteiger partial charge in [-0.2, -0.15) is 26.3 Å². The zero-order chi connectivity index (χ0) is 30.3. The molecule has 0 radical (unpaired) electrons. The third-order valence-corrected chi connectivity index (χ3v) is 8.76. The molecule has 0 aliphatic carbocycles. The van der Waals surface area contributed by atoms with Crippen LogP contribution < -0.4 is 24.0 Å². The van der Waals surface area contributed by atoms with Gasteiger partial charge in [0.25, 0.3) is 0 Å². The van der Waals surface area contributed by atoms with Crippen LogP contribution in [0.25, 0.3) is 0 Å². The monoisotopic (exact) mass is 717 g/mol. The molecule has 234 valence electrons. The van der Waals surface area contributed by atoms with Gasteiger partial charge < -0.3 is 43.0 Å². The van der Waals surface area contributed by atoms with Crippen molar-refractivity contribution in [1.29, 1.82) is 0 Å². The lowest BCUT2D eigenvalue weighted by Crippen LogP contribution is -3.00. The number of carbonyl (C=O) groups is 1. The van der Waals surface area contributed by atoms with Crippen molar-refractivity contribution >= 4 is 6.03 Å². The van der Waals surface area contributed by atoms with Gasteiger partial charge in [0.1, 0.15) is 18.9 Å². The predicted molar refractivity (Wildman–Crippen MR) is 138 cm³/mol. The number of ether oxygens (including phenoxy) is 1. The number of likely N-dealkylation sites (N-methyl/N-ethyl adjacent to an activating group) is 1. The smallest absolute Gasteiger partial charge is 0.416 e. The Morgan fingerprint density at radius 3 is 2.12 bits per heavy atom. The molecule has 0 N–H and O–H groups in total. The van der Waals surface area contributed by atoms with E-state index in [0.717, 1.165) is 23.1 Å². The van der Waals surface area contributed by atoms with E-state index in [1.807, 2.05) is 0 Å². The lowest BCUT2D eigenvalue weighted by atomic mass is 9.87. The first-order valence-electron chi connectivity index (χ1n) is 13.5. The summed E-state index contributed by atoms with van der Waals surface area (Å²) in [5.74, 6) is -0.417. The van der Waals surface area contributed by atoms with Gasteiger partial charge in [-0.1, -0.05) is 6.07 Å². The van der Waals surface area contributed by atoms with Crippen LogP contribution in [-0.2, 0) is 17.1 Å². The highest BCUT2D eigenvalue weighted by Gasteiger charge is 2.44. The van der Waals surface area contributed by atoms with Crippen LogP contribution >= 0.6 is 0 Å². The van der Waals surface area contributed by atoms with Crippen LogP contribution in [0, 0.1) is 12.7 Å². The van der Waals surface area contributed by atoms with Gasteiger partial charge in [0.15, 0.2) is 0 Å². The van der Waals surface area contributed by atoms with Crippen molar-refractivity contribution in [2.75, 3.05) is 46.9 Å². The van der Waals surface area contributed by atoms with Gasteiger partial charge >= 0.3 is 18.4 Å². The second kappa shape index (κ2) is 12.8. The molecule has 0 bridgehead atoms. The Kier molecular flexibility index (Phi) is 10.5. The molecule has 5 nitrogen and oxygen atoms in total. The average Bonchev–Trinajstić information content (AvgIpc) is 2.91. The number of hydrogen-bond donors (Lipinski definition) is 0. The summed E-state index contributed by atoms with van der Waals surface area (Å²) in [7, 11) is 3.52. The van der Waals surface area contributed by atoms with Crippen molar-refractivity contribution in [2.45, 2.75) is 57.2 Å². The van der Waals surface area contributed by atoms with Crippen molar-refractivity contribution in [3.05, 3.63) is 70.0 Å². The summed E-state index contributed by atoms with van der Waals surface area (Å²) >= 11 is 0. The molecule has 2 fully saturated rings. The van der Waals surface area contributed by atoms with E-state index in [2.05, 4.69) is 7.05 Å². The number of morpholine rings is 1. The highest BCUT2D eigenvalue weighted by atomic mass is 127. The quantitative estimate of drug-likeness (QED) is 0.273. The summed E-state index contributed by atoms with van der Waals surface area (Å²) in [5.41, 5.74) is -1.74. The molecule has 0 aromatic heterocycles. The Labute approximate surface area is 258 Å². The van der Waals surface area contributed by atoms with Crippen LogP contribution in [0.15, 0.2) is 36.4 Å². The summed E-state index contributed by atoms with van der Waals surface area (Å²) in [6, 6.07) is 3.84. The van der Waals surface area contributed by atoms with Crippen LogP contribution in [0.1, 0.15) is 59.7 Å². The normalized spacial score (nSPS) is 21.8. The first-order valence-corrected chi connectivity index (χ1v) is 13.5. The number of benzene rings is 2. The Balaban J connectivity index is 0.00000484. The topological polar surface area (TPSA) is 32.8 Å². The zero-order valence-electron chi connectivity index (χ0n) is 23.8. The first-order chi connectivity index (χ1) is 19.0. The van der Waals surface area contributed by atoms with E-state index in [1.54, 1.807) is 17.9 Å². The predicted octanol–water partition coefficient (Wildman–Crippen LogP) is 3.97. The number of alkyl halides is 6. The molecule has 2 amide bonds. The minimum atomic E-state index is -5.00. The highest BCUT2D eigenvalue weighted by Crippen LogP contribution is 2.41. The summed E-state index contributed by atoms with van der Waals surface area (Å²) in [6.45, 7) is 6.33. The maximum Gasteiger partial charge on any atom is 0.416 e. The number of carbonyl (C=O) groups excluding carboxylic acids is 1. The number of likely N-dealkylation sites (tertiary alicyclic amines) is 1. The minimum absolute atomic E-state index is 0. The summed E-state index contributed by atoms with van der Waals surface area (Å²) in [5, 5.41) is 0. The lowest BCUT2D eigenvalue weighted by Gasteiger charge is -2.50. The molecule has 2 aliphatic rings. The second-order valence-corrected chi connectivity index (χ2v) is 11.3. The molecule has 13 heteroatoms. The maximum atomic E-state index is 14.0. The molecular formula is C29H35F7IN3O2. The van der Waals surface area contributed by atoms with E-state index in [9.17, 15) is 35.5 Å². The fourth-order valence-electron chi connectivity index (χ4n) is 5.99. The average molecular weight is 718 g/mol. The molecule has 0 spiro atoms. The molecular weight excluding hydrogens is 682 g/mol. The van der Waals surface area contributed by atoms with E-state index in [4.69, 9.17) is 4.74 Å². The number of halogens is 8. The highest BCUT2D eigenvalue weighted by molar-refractivity contribution is 5.75. The maximum absolute atomic E-state index is 14.0. The van der Waals surface area contributed by atoms with Crippen molar-refractivity contribution in [1.82, 2.24) is 9.80 Å². The second-order valence-electron chi connectivity index (χ2n) is 11.3. The molecule has 2 saturated heterocycles. The number of amides is 2. The van der Waals surface area contributed by atoms with Crippen LogP contribution in [0.3, 0.4) is 0 Å². The SMILES string of the molecule is Cc1cc(F)ccc1[C@H]1C[C@@H]([N+]2(C)CCOCC2)CCN1C(=O)N(C)[C@@H](C)c1cc(C(F)(F)F)cc(C(F)(F)F)c1.[I-]. The zero-order valence-corrected chi connectivity index (χ0v) is 26.0. The number of quaternary nitrogens is 1. The van der Waals surface area contributed by atoms with Crippen molar-refractivity contribution in [2.24, 2.45) is 0 Å². The van der Waals surface area contributed by atoms with E-state index < -0.39 is 47.4 Å². The summed E-state index contributed by atoms with van der Waals surface area (Å²) < 4.78 is 101. The van der Waals surface area contributed by atoms with Gasteiger partial charge in [0, 0.05) is 26.4 Å². The molecule has 2 aromatic carbocycles.